The summed E-state index contributed by atoms with van der Waals surface area (Å²) in [5.74, 6) is 0.769. The minimum atomic E-state index is -0.367. The molecule has 1 atom stereocenters. The number of H-pyrrole nitrogens is 1. The van der Waals surface area contributed by atoms with E-state index >= 15 is 0 Å². The lowest BCUT2D eigenvalue weighted by Gasteiger charge is -2.33. The maximum Gasteiger partial charge on any atom is 0.276 e. The number of hydrogen-bond donors (Lipinski definition) is 2. The maximum absolute atomic E-state index is 12.7. The predicted molar refractivity (Wildman–Crippen MR) is 94.3 cm³/mol. The summed E-state index contributed by atoms with van der Waals surface area (Å²) in [7, 11) is 0. The van der Waals surface area contributed by atoms with Gasteiger partial charge in [0.2, 0.25) is 0 Å². The van der Waals surface area contributed by atoms with Crippen LogP contribution in [0.4, 0.5) is 0 Å². The van der Waals surface area contributed by atoms with E-state index < -0.39 is 0 Å². The fraction of sp³-hybridized carbons (Fsp3) is 0.235. The fourth-order valence-electron chi connectivity index (χ4n) is 2.80. The zero-order valence-corrected chi connectivity index (χ0v) is 14.0. The first-order valence-electron chi connectivity index (χ1n) is 7.90. The smallest absolute Gasteiger partial charge is 0.276 e. The Kier molecular flexibility index (Phi) is 3.86. The number of para-hydroxylation sites is 1. The van der Waals surface area contributed by atoms with Crippen LogP contribution in [0.5, 0.6) is 0 Å². The maximum atomic E-state index is 12.7. The Morgan fingerprint density at radius 1 is 1.25 bits per heavy atom. The van der Waals surface area contributed by atoms with E-state index in [1.54, 1.807) is 16.8 Å². The summed E-state index contributed by atoms with van der Waals surface area (Å²) in [4.78, 5) is 20.7. The lowest BCUT2D eigenvalue weighted by atomic mass is 10.1. The van der Waals surface area contributed by atoms with Crippen molar-refractivity contribution >= 4 is 28.5 Å². The number of carbonyl (C=O) groups excluding carboxylic acids is 1. The minimum Gasteiger partial charge on any atom is -0.362 e. The number of aromatic amines is 1. The van der Waals surface area contributed by atoms with E-state index in [4.69, 9.17) is 4.99 Å². The van der Waals surface area contributed by atoms with Gasteiger partial charge >= 0.3 is 0 Å². The SMILES string of the molecule is CCCSC1=NN2C(=c3ccccc3=N[C@@H]2c2ccc[nH]2)C(=O)N1. The number of hydrogen-bond acceptors (Lipinski definition) is 5. The largest absolute Gasteiger partial charge is 0.362 e. The van der Waals surface area contributed by atoms with E-state index in [1.165, 1.54) is 0 Å². The number of benzene rings is 1. The lowest BCUT2D eigenvalue weighted by molar-refractivity contribution is -0.116. The van der Waals surface area contributed by atoms with Crippen LogP contribution in [0.1, 0.15) is 25.2 Å². The molecule has 0 saturated carbocycles. The van der Waals surface area contributed by atoms with E-state index in [1.807, 2.05) is 42.6 Å². The third-order valence-electron chi connectivity index (χ3n) is 3.86. The van der Waals surface area contributed by atoms with Crippen LogP contribution in [-0.4, -0.2) is 26.8 Å². The second kappa shape index (κ2) is 6.16. The highest BCUT2D eigenvalue weighted by Crippen LogP contribution is 2.29. The molecule has 0 radical (unpaired) electrons. The summed E-state index contributed by atoms with van der Waals surface area (Å²) in [6.45, 7) is 2.10. The predicted octanol–water partition coefficient (Wildman–Crippen LogP) is 1.30. The first-order valence-corrected chi connectivity index (χ1v) is 8.89. The summed E-state index contributed by atoms with van der Waals surface area (Å²) >= 11 is 1.55. The van der Waals surface area contributed by atoms with Crippen LogP contribution in [0.25, 0.3) is 5.70 Å². The second-order valence-electron chi connectivity index (χ2n) is 5.55. The Bertz CT molecular complexity index is 919. The van der Waals surface area contributed by atoms with Crippen molar-refractivity contribution in [3.63, 3.8) is 0 Å². The number of aromatic nitrogens is 1. The summed E-state index contributed by atoms with van der Waals surface area (Å²) in [5.41, 5.74) is 1.45. The number of hydrazone groups is 1. The van der Waals surface area contributed by atoms with Gasteiger partial charge in [-0.25, -0.2) is 5.01 Å². The number of fused-ring (bicyclic) bond motifs is 2. The molecule has 0 aliphatic carbocycles. The van der Waals surface area contributed by atoms with Gasteiger partial charge in [0, 0.05) is 17.2 Å². The average Bonchev–Trinajstić information content (AvgIpc) is 3.13. The number of amidine groups is 1. The monoisotopic (exact) mass is 339 g/mol. The van der Waals surface area contributed by atoms with Gasteiger partial charge in [-0.15, -0.1) is 5.10 Å². The number of carbonyl (C=O) groups is 1. The van der Waals surface area contributed by atoms with Crippen molar-refractivity contribution in [2.45, 2.75) is 19.5 Å². The molecule has 0 saturated heterocycles. The first kappa shape index (κ1) is 15.0. The van der Waals surface area contributed by atoms with E-state index in [0.29, 0.717) is 10.9 Å². The average molecular weight is 339 g/mol. The van der Waals surface area contributed by atoms with Crippen LogP contribution in [0.15, 0.2) is 52.7 Å². The van der Waals surface area contributed by atoms with Crippen molar-refractivity contribution in [1.29, 1.82) is 0 Å². The highest BCUT2D eigenvalue weighted by atomic mass is 32.2. The molecular weight excluding hydrogens is 322 g/mol. The molecule has 2 aromatic rings. The molecule has 122 valence electrons. The molecule has 24 heavy (non-hydrogen) atoms. The summed E-state index contributed by atoms with van der Waals surface area (Å²) < 4.78 is 0. The molecule has 1 aromatic heterocycles. The number of amides is 1. The van der Waals surface area contributed by atoms with Crippen LogP contribution in [0, 0.1) is 0 Å². The van der Waals surface area contributed by atoms with E-state index in [0.717, 1.165) is 28.4 Å². The Balaban J connectivity index is 1.89. The molecule has 2 N–H and O–H groups in total. The van der Waals surface area contributed by atoms with Gasteiger partial charge in [0.05, 0.1) is 11.1 Å². The summed E-state index contributed by atoms with van der Waals surface area (Å²) in [6.07, 6.45) is 2.50. The second-order valence-corrected chi connectivity index (χ2v) is 6.63. The van der Waals surface area contributed by atoms with Crippen molar-refractivity contribution in [3.05, 3.63) is 58.9 Å². The molecule has 6 nitrogen and oxygen atoms in total. The van der Waals surface area contributed by atoms with Gasteiger partial charge in [-0.2, -0.15) is 0 Å². The number of nitrogens with one attached hydrogen (secondary N) is 2. The molecule has 1 amide bonds. The van der Waals surface area contributed by atoms with Crippen LogP contribution < -0.4 is 15.9 Å². The molecule has 0 fully saturated rings. The molecule has 4 rings (SSSR count). The van der Waals surface area contributed by atoms with Gasteiger partial charge in [0.25, 0.3) is 5.91 Å². The highest BCUT2D eigenvalue weighted by Gasteiger charge is 2.34. The zero-order chi connectivity index (χ0) is 16.5. The lowest BCUT2D eigenvalue weighted by Crippen LogP contribution is -2.50. The van der Waals surface area contributed by atoms with Crippen LogP contribution in [0.2, 0.25) is 0 Å². The van der Waals surface area contributed by atoms with E-state index in [2.05, 4.69) is 22.3 Å². The molecule has 7 heteroatoms. The van der Waals surface area contributed by atoms with Crippen molar-refractivity contribution in [1.82, 2.24) is 15.3 Å². The molecule has 1 aromatic carbocycles. The third kappa shape index (κ3) is 2.50. The number of nitrogens with zero attached hydrogens (tertiary/aromatic N) is 3. The summed E-state index contributed by atoms with van der Waals surface area (Å²) in [5, 5.41) is 11.5. The molecular formula is C17H17N5OS. The van der Waals surface area contributed by atoms with Crippen LogP contribution >= 0.6 is 11.8 Å². The molecule has 0 bridgehead atoms. The van der Waals surface area contributed by atoms with E-state index in [-0.39, 0.29) is 12.1 Å². The first-order chi connectivity index (χ1) is 11.8. The zero-order valence-electron chi connectivity index (χ0n) is 13.2. The minimum absolute atomic E-state index is 0.137. The molecule has 0 spiro atoms. The van der Waals surface area contributed by atoms with Crippen molar-refractivity contribution in [2.75, 3.05) is 5.75 Å². The Labute approximate surface area is 143 Å². The topological polar surface area (TPSA) is 72.8 Å². The Hall–Kier alpha value is -2.54. The summed E-state index contributed by atoms with van der Waals surface area (Å²) in [6, 6.07) is 11.6. The quantitative estimate of drug-likeness (QED) is 0.885. The van der Waals surface area contributed by atoms with E-state index in [9.17, 15) is 4.79 Å². The molecule has 2 aliphatic heterocycles. The van der Waals surface area contributed by atoms with Crippen LogP contribution in [-0.2, 0) is 4.79 Å². The number of rotatable bonds is 3. The Morgan fingerprint density at radius 3 is 2.92 bits per heavy atom. The standard InChI is InChI=1S/C17H17N5OS/c1-2-10-24-17-20-16(23)14-11-6-3-4-7-12(11)19-15(22(14)21-17)13-8-5-9-18-13/h3-9,15,18H,2,10H2,1H3,(H,20,21,23)/t15-/m0/s1. The molecule has 2 aliphatic rings. The van der Waals surface area contributed by atoms with Gasteiger partial charge in [-0.3, -0.25) is 15.1 Å². The fourth-order valence-corrected chi connectivity index (χ4v) is 3.51. The van der Waals surface area contributed by atoms with Gasteiger partial charge in [0.1, 0.15) is 5.70 Å². The van der Waals surface area contributed by atoms with Crippen LogP contribution in [0.3, 0.4) is 0 Å². The van der Waals surface area contributed by atoms with Crippen molar-refractivity contribution in [3.8, 4) is 0 Å². The van der Waals surface area contributed by atoms with Crippen molar-refractivity contribution < 1.29 is 4.79 Å². The van der Waals surface area contributed by atoms with Gasteiger partial charge in [-0.05, 0) is 24.6 Å². The third-order valence-corrected chi connectivity index (χ3v) is 4.93. The normalized spacial score (nSPS) is 19.1. The molecule has 0 unspecified atom stereocenters. The van der Waals surface area contributed by atoms with Gasteiger partial charge < -0.3 is 4.98 Å². The van der Waals surface area contributed by atoms with Crippen molar-refractivity contribution in [2.24, 2.45) is 10.1 Å². The van der Waals surface area contributed by atoms with Gasteiger partial charge in [0.15, 0.2) is 11.3 Å². The number of thioether (sulfide) groups is 1. The highest BCUT2D eigenvalue weighted by molar-refractivity contribution is 8.13. The Morgan fingerprint density at radius 2 is 2.12 bits per heavy atom. The molecule has 3 heterocycles. The van der Waals surface area contributed by atoms with Gasteiger partial charge in [-0.1, -0.05) is 36.9 Å².